The fraction of sp³-hybridized carbons (Fsp3) is 0.909. The van der Waals surface area contributed by atoms with Gasteiger partial charge in [-0.05, 0) is 13.8 Å². The molecule has 1 heterocycles. The van der Waals surface area contributed by atoms with Crippen LogP contribution < -0.4 is 10.6 Å². The summed E-state index contributed by atoms with van der Waals surface area (Å²) in [5, 5.41) is 6.11. The maximum absolute atomic E-state index is 11.6. The summed E-state index contributed by atoms with van der Waals surface area (Å²) in [5.41, 5.74) is -0.313. The molecule has 1 atom stereocenters. The van der Waals surface area contributed by atoms with Crippen LogP contribution in [0.5, 0.6) is 0 Å². The number of rotatable bonds is 5. The quantitative estimate of drug-likeness (QED) is 0.693. The highest BCUT2D eigenvalue weighted by Crippen LogP contribution is 2.05. The van der Waals surface area contributed by atoms with Crippen LogP contribution in [0.4, 0.5) is 0 Å². The topological polar surface area (TPSA) is 59.6 Å². The zero-order chi connectivity index (χ0) is 12.0. The summed E-state index contributed by atoms with van der Waals surface area (Å²) in [6, 6.07) is 0.138. The second kappa shape index (κ2) is 6.18. The Morgan fingerprint density at radius 3 is 2.94 bits per heavy atom. The maximum atomic E-state index is 11.6. The van der Waals surface area contributed by atoms with Gasteiger partial charge in [0.25, 0.3) is 0 Å². The summed E-state index contributed by atoms with van der Waals surface area (Å²) in [5.74, 6) is 0.0353. The fourth-order valence-electron chi connectivity index (χ4n) is 1.43. The van der Waals surface area contributed by atoms with Crippen molar-refractivity contribution in [2.45, 2.75) is 31.9 Å². The number of ether oxygens (including phenoxy) is 2. The normalized spacial score (nSPS) is 21.8. The summed E-state index contributed by atoms with van der Waals surface area (Å²) >= 11 is 0. The summed E-state index contributed by atoms with van der Waals surface area (Å²) in [7, 11) is 1.64. The summed E-state index contributed by atoms with van der Waals surface area (Å²) in [6.45, 7) is 6.57. The van der Waals surface area contributed by atoms with Crippen LogP contribution in [0.2, 0.25) is 0 Å². The van der Waals surface area contributed by atoms with Crippen molar-refractivity contribution < 1.29 is 14.3 Å². The van der Waals surface area contributed by atoms with Crippen LogP contribution in [0.15, 0.2) is 0 Å². The molecule has 0 radical (unpaired) electrons. The summed E-state index contributed by atoms with van der Waals surface area (Å²) in [6.07, 6.45) is 0.458. The Hall–Kier alpha value is -0.650. The highest BCUT2D eigenvalue weighted by Gasteiger charge is 2.20. The third-order valence-electron chi connectivity index (χ3n) is 2.69. The molecule has 0 aromatic carbocycles. The highest BCUT2D eigenvalue weighted by atomic mass is 16.5. The minimum Gasteiger partial charge on any atom is -0.378 e. The average Bonchev–Trinajstić information content (AvgIpc) is 2.28. The van der Waals surface area contributed by atoms with Gasteiger partial charge in [-0.2, -0.15) is 0 Å². The fourth-order valence-corrected chi connectivity index (χ4v) is 1.43. The van der Waals surface area contributed by atoms with Crippen molar-refractivity contribution in [1.82, 2.24) is 10.6 Å². The lowest BCUT2D eigenvalue weighted by Crippen LogP contribution is -2.46. The van der Waals surface area contributed by atoms with Gasteiger partial charge in [-0.3, -0.25) is 4.79 Å². The molecule has 0 spiro atoms. The number of carbonyl (C=O) groups excluding carboxylic acids is 1. The number of morpholine rings is 1. The first-order valence-corrected chi connectivity index (χ1v) is 5.66. The second-order valence-electron chi connectivity index (χ2n) is 4.67. The maximum Gasteiger partial charge on any atom is 0.221 e. The van der Waals surface area contributed by atoms with Crippen molar-refractivity contribution in [3.63, 3.8) is 0 Å². The molecule has 1 rings (SSSR count). The van der Waals surface area contributed by atoms with Gasteiger partial charge < -0.3 is 20.1 Å². The molecule has 1 aliphatic rings. The van der Waals surface area contributed by atoms with Crippen molar-refractivity contribution in [3.8, 4) is 0 Å². The molecular weight excluding hydrogens is 208 g/mol. The third-order valence-corrected chi connectivity index (χ3v) is 2.69. The van der Waals surface area contributed by atoms with Crippen LogP contribution in [0.3, 0.4) is 0 Å². The molecule has 0 bridgehead atoms. The Balaban J connectivity index is 2.19. The van der Waals surface area contributed by atoms with E-state index < -0.39 is 0 Å². The van der Waals surface area contributed by atoms with Gasteiger partial charge >= 0.3 is 0 Å². The molecule has 0 saturated carbocycles. The van der Waals surface area contributed by atoms with Crippen LogP contribution in [0.25, 0.3) is 0 Å². The van der Waals surface area contributed by atoms with E-state index >= 15 is 0 Å². The number of nitrogens with one attached hydrogen (secondary N) is 2. The number of hydrogen-bond acceptors (Lipinski definition) is 4. The van der Waals surface area contributed by atoms with Crippen molar-refractivity contribution >= 4 is 5.91 Å². The first kappa shape index (κ1) is 13.4. The van der Waals surface area contributed by atoms with E-state index in [1.807, 2.05) is 13.8 Å². The molecule has 16 heavy (non-hydrogen) atoms. The lowest BCUT2D eigenvalue weighted by molar-refractivity contribution is -0.123. The molecule has 0 aromatic rings. The van der Waals surface area contributed by atoms with Crippen molar-refractivity contribution in [1.29, 1.82) is 0 Å². The van der Waals surface area contributed by atoms with Gasteiger partial charge in [0.15, 0.2) is 0 Å². The lowest BCUT2D eigenvalue weighted by atomic mass is 10.1. The minimum atomic E-state index is -0.313. The zero-order valence-corrected chi connectivity index (χ0v) is 10.3. The molecule has 1 fully saturated rings. The van der Waals surface area contributed by atoms with Gasteiger partial charge in [-0.1, -0.05) is 0 Å². The van der Waals surface area contributed by atoms with Crippen LogP contribution in [0.1, 0.15) is 20.3 Å². The molecule has 5 nitrogen and oxygen atoms in total. The Morgan fingerprint density at radius 1 is 1.62 bits per heavy atom. The van der Waals surface area contributed by atoms with Crippen LogP contribution in [-0.2, 0) is 14.3 Å². The zero-order valence-electron chi connectivity index (χ0n) is 10.3. The molecule has 1 saturated heterocycles. The molecule has 2 N–H and O–H groups in total. The lowest BCUT2D eigenvalue weighted by Gasteiger charge is -2.25. The van der Waals surface area contributed by atoms with Crippen molar-refractivity contribution in [2.24, 2.45) is 0 Å². The van der Waals surface area contributed by atoms with E-state index in [1.165, 1.54) is 0 Å². The van der Waals surface area contributed by atoms with E-state index in [9.17, 15) is 4.79 Å². The van der Waals surface area contributed by atoms with Gasteiger partial charge in [0.1, 0.15) is 0 Å². The Bertz CT molecular complexity index is 225. The molecule has 1 unspecified atom stereocenters. The molecule has 1 aliphatic heterocycles. The van der Waals surface area contributed by atoms with E-state index in [1.54, 1.807) is 7.11 Å². The van der Waals surface area contributed by atoms with Gasteiger partial charge in [-0.15, -0.1) is 0 Å². The first-order valence-electron chi connectivity index (χ1n) is 5.66. The average molecular weight is 230 g/mol. The van der Waals surface area contributed by atoms with E-state index in [4.69, 9.17) is 9.47 Å². The molecule has 0 aromatic heterocycles. The van der Waals surface area contributed by atoms with Crippen LogP contribution >= 0.6 is 0 Å². The summed E-state index contributed by atoms with van der Waals surface area (Å²) < 4.78 is 10.5. The highest BCUT2D eigenvalue weighted by molar-refractivity contribution is 5.76. The molecule has 5 heteroatoms. The predicted molar refractivity (Wildman–Crippen MR) is 61.3 cm³/mol. The predicted octanol–water partition coefficient (Wildman–Crippen LogP) is -0.0939. The standard InChI is InChI=1S/C11H22N2O3/c1-11(2,15-3)8-13-10(14)6-9-7-16-5-4-12-9/h9,12H,4-8H2,1-3H3,(H,13,14). The molecule has 0 aliphatic carbocycles. The van der Waals surface area contributed by atoms with E-state index in [0.717, 1.165) is 13.2 Å². The monoisotopic (exact) mass is 230 g/mol. The summed E-state index contributed by atoms with van der Waals surface area (Å²) in [4.78, 5) is 11.6. The molecular formula is C11H22N2O3. The van der Waals surface area contributed by atoms with Crippen LogP contribution in [-0.4, -0.2) is 51.0 Å². The van der Waals surface area contributed by atoms with Gasteiger partial charge in [0.05, 0.1) is 18.8 Å². The number of hydrogen-bond donors (Lipinski definition) is 2. The van der Waals surface area contributed by atoms with Gasteiger partial charge in [0.2, 0.25) is 5.91 Å². The first-order chi connectivity index (χ1) is 7.53. The smallest absolute Gasteiger partial charge is 0.221 e. The van der Waals surface area contributed by atoms with Crippen molar-refractivity contribution in [3.05, 3.63) is 0 Å². The van der Waals surface area contributed by atoms with Crippen molar-refractivity contribution in [2.75, 3.05) is 33.4 Å². The van der Waals surface area contributed by atoms with E-state index in [2.05, 4.69) is 10.6 Å². The number of carbonyl (C=O) groups is 1. The minimum absolute atomic E-state index is 0.0353. The number of methoxy groups -OCH3 is 1. The largest absolute Gasteiger partial charge is 0.378 e. The Kier molecular flexibility index (Phi) is 5.18. The third kappa shape index (κ3) is 4.92. The second-order valence-corrected chi connectivity index (χ2v) is 4.67. The van der Waals surface area contributed by atoms with E-state index in [0.29, 0.717) is 19.6 Å². The van der Waals surface area contributed by atoms with Gasteiger partial charge in [0, 0.05) is 32.7 Å². The Labute approximate surface area is 96.9 Å². The van der Waals surface area contributed by atoms with E-state index in [-0.39, 0.29) is 17.6 Å². The SMILES string of the molecule is COC(C)(C)CNC(=O)CC1COCCN1. The van der Waals surface area contributed by atoms with Crippen LogP contribution in [0, 0.1) is 0 Å². The number of amides is 1. The van der Waals surface area contributed by atoms with Gasteiger partial charge in [-0.25, -0.2) is 0 Å². The molecule has 1 amide bonds. The Morgan fingerprint density at radius 2 is 2.38 bits per heavy atom. The molecule has 94 valence electrons.